The van der Waals surface area contributed by atoms with Crippen molar-refractivity contribution in [2.24, 2.45) is 0 Å². The number of nitrogen functional groups attached to an aromatic ring is 2. The van der Waals surface area contributed by atoms with Crippen molar-refractivity contribution in [2.75, 3.05) is 16.8 Å². The minimum atomic E-state index is 0.100. The van der Waals surface area contributed by atoms with Crippen LogP contribution in [0.2, 0.25) is 0 Å². The molecule has 1 heterocycles. The van der Waals surface area contributed by atoms with Gasteiger partial charge in [-0.05, 0) is 43.4 Å². The molecule has 1 fully saturated rings. The number of hydrogen-bond donors (Lipinski definition) is 4. The van der Waals surface area contributed by atoms with Gasteiger partial charge in [-0.2, -0.15) is 0 Å². The topological polar surface area (TPSA) is 114 Å². The van der Waals surface area contributed by atoms with E-state index >= 15 is 0 Å². The summed E-state index contributed by atoms with van der Waals surface area (Å²) in [6, 6.07) is 5.91. The molecule has 6 nitrogen and oxygen atoms in total. The number of aromatic nitrogens is 2. The second kappa shape index (κ2) is 7.87. The summed E-state index contributed by atoms with van der Waals surface area (Å²) in [7, 11) is 0. The maximum Gasteiger partial charge on any atom is 0.141 e. The fourth-order valence-electron chi connectivity index (χ4n) is 3.16. The van der Waals surface area contributed by atoms with E-state index in [1.165, 1.54) is 25.6 Å². The fourth-order valence-corrected chi connectivity index (χ4v) is 3.16. The lowest BCUT2D eigenvalue weighted by Crippen LogP contribution is -2.24. The van der Waals surface area contributed by atoms with Crippen molar-refractivity contribution in [3.05, 3.63) is 41.2 Å². The number of hydrogen-bond acceptors (Lipinski definition) is 6. The minimum absolute atomic E-state index is 0.100. The lowest BCUT2D eigenvalue weighted by molar-refractivity contribution is 0.462. The molecule has 0 bridgehead atoms. The number of aryl methyl sites for hydroxylation is 1. The van der Waals surface area contributed by atoms with Crippen molar-refractivity contribution < 1.29 is 0 Å². The van der Waals surface area contributed by atoms with Crippen LogP contribution in [0.25, 0.3) is 0 Å². The van der Waals surface area contributed by atoms with Gasteiger partial charge < -0.3 is 16.8 Å². The molecule has 0 amide bonds. The van der Waals surface area contributed by atoms with E-state index in [-0.39, 0.29) is 11.5 Å². The van der Waals surface area contributed by atoms with Crippen LogP contribution in [-0.4, -0.2) is 21.7 Å². The zero-order valence-corrected chi connectivity index (χ0v) is 15.0. The maximum absolute atomic E-state index is 8.40. The summed E-state index contributed by atoms with van der Waals surface area (Å²) in [5.41, 5.74) is 14.9. The molecule has 1 aliphatic carbocycles. The van der Waals surface area contributed by atoms with Crippen LogP contribution in [-0.2, 0) is 0 Å². The molecule has 26 heavy (non-hydrogen) atoms. The maximum atomic E-state index is 8.40. The number of nitrogens with one attached hydrogen (secondary N) is 2. The van der Waals surface area contributed by atoms with E-state index in [0.717, 1.165) is 24.0 Å². The highest BCUT2D eigenvalue weighted by atomic mass is 15.1. The van der Waals surface area contributed by atoms with Gasteiger partial charge in [0, 0.05) is 17.3 Å². The summed E-state index contributed by atoms with van der Waals surface area (Å²) in [6.45, 7) is 1.96. The number of nitrogens with two attached hydrogens (primary N) is 2. The van der Waals surface area contributed by atoms with Crippen LogP contribution in [0, 0.1) is 24.2 Å². The standard InChI is InChI=1S/C20H24N6/c1-13-7-9-15(21)11-14(13)8-10-17(22)18-19(23)24-12-25-20(18)26-16-5-3-2-4-6-16/h7,9,11-12,16,22H,2-6,21H2,1H3,(H3,23,24,25,26). The van der Waals surface area contributed by atoms with Gasteiger partial charge in [-0.15, -0.1) is 0 Å². The monoisotopic (exact) mass is 348 g/mol. The first-order valence-electron chi connectivity index (χ1n) is 8.88. The van der Waals surface area contributed by atoms with Gasteiger partial charge in [0.15, 0.2) is 0 Å². The SMILES string of the molecule is Cc1ccc(N)cc1C#CC(=N)c1c(N)ncnc1NC1CCCCC1. The van der Waals surface area contributed by atoms with E-state index in [9.17, 15) is 0 Å². The Kier molecular flexibility index (Phi) is 5.37. The van der Waals surface area contributed by atoms with Gasteiger partial charge in [0.05, 0.1) is 5.56 Å². The minimum Gasteiger partial charge on any atom is -0.399 e. The van der Waals surface area contributed by atoms with Gasteiger partial charge in [0.25, 0.3) is 0 Å². The molecule has 1 aliphatic rings. The summed E-state index contributed by atoms with van der Waals surface area (Å²) in [5.74, 6) is 6.75. The second-order valence-corrected chi connectivity index (χ2v) is 6.66. The Balaban J connectivity index is 1.87. The van der Waals surface area contributed by atoms with Crippen LogP contribution in [0.15, 0.2) is 24.5 Å². The molecule has 0 unspecified atom stereocenters. The number of nitrogens with zero attached hydrogens (tertiary/aromatic N) is 2. The van der Waals surface area contributed by atoms with Gasteiger partial charge in [0.1, 0.15) is 23.7 Å². The normalized spacial score (nSPS) is 14.3. The lowest BCUT2D eigenvalue weighted by atomic mass is 9.95. The third-order valence-corrected chi connectivity index (χ3v) is 4.66. The molecule has 0 saturated heterocycles. The van der Waals surface area contributed by atoms with Crippen molar-refractivity contribution in [3.8, 4) is 11.8 Å². The van der Waals surface area contributed by atoms with Crippen molar-refractivity contribution in [1.29, 1.82) is 5.41 Å². The molecule has 6 N–H and O–H groups in total. The Morgan fingerprint density at radius 1 is 1.19 bits per heavy atom. The number of benzene rings is 1. The highest BCUT2D eigenvalue weighted by Crippen LogP contribution is 2.24. The van der Waals surface area contributed by atoms with Crippen LogP contribution >= 0.6 is 0 Å². The zero-order chi connectivity index (χ0) is 18.5. The number of anilines is 3. The van der Waals surface area contributed by atoms with Gasteiger partial charge in [-0.1, -0.05) is 31.2 Å². The first-order chi connectivity index (χ1) is 12.5. The average Bonchev–Trinajstić information content (AvgIpc) is 2.63. The first kappa shape index (κ1) is 17.7. The van der Waals surface area contributed by atoms with Crippen LogP contribution in [0.3, 0.4) is 0 Å². The van der Waals surface area contributed by atoms with Crippen molar-refractivity contribution in [2.45, 2.75) is 45.1 Å². The summed E-state index contributed by atoms with van der Waals surface area (Å²) in [6.07, 6.45) is 7.32. The molecule has 6 heteroatoms. The quantitative estimate of drug-likeness (QED) is 0.387. The molecule has 134 valence electrons. The van der Waals surface area contributed by atoms with Gasteiger partial charge in [0.2, 0.25) is 0 Å². The molecular weight excluding hydrogens is 324 g/mol. The van der Waals surface area contributed by atoms with Crippen LogP contribution < -0.4 is 16.8 Å². The van der Waals surface area contributed by atoms with Gasteiger partial charge >= 0.3 is 0 Å². The van der Waals surface area contributed by atoms with Gasteiger partial charge in [-0.3, -0.25) is 5.41 Å². The van der Waals surface area contributed by atoms with Crippen LogP contribution in [0.1, 0.15) is 48.8 Å². The van der Waals surface area contributed by atoms with Crippen LogP contribution in [0.4, 0.5) is 17.3 Å². The third kappa shape index (κ3) is 4.12. The van der Waals surface area contributed by atoms with E-state index in [2.05, 4.69) is 27.1 Å². The van der Waals surface area contributed by atoms with Gasteiger partial charge in [-0.25, -0.2) is 9.97 Å². The third-order valence-electron chi connectivity index (χ3n) is 4.66. The van der Waals surface area contributed by atoms with E-state index in [0.29, 0.717) is 23.1 Å². The lowest BCUT2D eigenvalue weighted by Gasteiger charge is -2.24. The molecule has 1 saturated carbocycles. The predicted molar refractivity (Wildman–Crippen MR) is 106 cm³/mol. The van der Waals surface area contributed by atoms with E-state index in [1.807, 2.05) is 25.1 Å². The Hall–Kier alpha value is -3.07. The van der Waals surface area contributed by atoms with Crippen molar-refractivity contribution >= 4 is 23.0 Å². The molecule has 0 atom stereocenters. The molecule has 0 radical (unpaired) electrons. The Labute approximate surface area is 153 Å². The highest BCUT2D eigenvalue weighted by molar-refractivity contribution is 6.16. The molecule has 1 aromatic carbocycles. The second-order valence-electron chi connectivity index (χ2n) is 6.66. The van der Waals surface area contributed by atoms with E-state index in [1.54, 1.807) is 0 Å². The molecule has 0 aliphatic heterocycles. The van der Waals surface area contributed by atoms with Crippen molar-refractivity contribution in [1.82, 2.24) is 9.97 Å². The average molecular weight is 348 g/mol. The summed E-state index contributed by atoms with van der Waals surface area (Å²) < 4.78 is 0. The fraction of sp³-hybridized carbons (Fsp3) is 0.350. The molecule has 1 aromatic heterocycles. The molecule has 0 spiro atoms. The molecule has 3 rings (SSSR count). The molecule has 2 aromatic rings. The smallest absolute Gasteiger partial charge is 0.141 e. The summed E-state index contributed by atoms with van der Waals surface area (Å²) in [5, 5.41) is 11.8. The largest absolute Gasteiger partial charge is 0.399 e. The van der Waals surface area contributed by atoms with Crippen molar-refractivity contribution in [3.63, 3.8) is 0 Å². The van der Waals surface area contributed by atoms with E-state index < -0.39 is 0 Å². The highest BCUT2D eigenvalue weighted by Gasteiger charge is 2.18. The summed E-state index contributed by atoms with van der Waals surface area (Å²) in [4.78, 5) is 8.35. The van der Waals surface area contributed by atoms with E-state index in [4.69, 9.17) is 16.9 Å². The van der Waals surface area contributed by atoms with Crippen LogP contribution in [0.5, 0.6) is 0 Å². The summed E-state index contributed by atoms with van der Waals surface area (Å²) >= 11 is 0. The predicted octanol–water partition coefficient (Wildman–Crippen LogP) is 3.11. The number of rotatable bonds is 3. The Bertz CT molecular complexity index is 872. The molecular formula is C20H24N6. The first-order valence-corrected chi connectivity index (χ1v) is 8.88. The Morgan fingerprint density at radius 3 is 2.73 bits per heavy atom. The Morgan fingerprint density at radius 2 is 1.96 bits per heavy atom. The zero-order valence-electron chi connectivity index (χ0n) is 15.0.